The van der Waals surface area contributed by atoms with E-state index in [-0.39, 0.29) is 0 Å². The molecule has 0 N–H and O–H groups in total. The Morgan fingerprint density at radius 3 is 2.31 bits per heavy atom. The molecule has 0 aromatic carbocycles. The second kappa shape index (κ2) is 4.33. The van der Waals surface area contributed by atoms with Crippen LogP contribution in [0.3, 0.4) is 0 Å². The molecular weight excluding hydrogens is 299 g/mol. The van der Waals surface area contributed by atoms with Crippen LogP contribution in [0, 0.1) is 11.3 Å². The van der Waals surface area contributed by atoms with Gasteiger partial charge in [0, 0.05) is 4.47 Å². The highest BCUT2D eigenvalue weighted by Crippen LogP contribution is 2.37. The number of aromatic nitrogens is 1. The van der Waals surface area contributed by atoms with E-state index in [1.54, 1.807) is 0 Å². The smallest absolute Gasteiger partial charge is 0.235 e. The lowest BCUT2D eigenvalue weighted by atomic mass is 10.1. The number of nitriles is 1. The van der Waals surface area contributed by atoms with Gasteiger partial charge in [-0.3, -0.25) is 0 Å². The van der Waals surface area contributed by atoms with E-state index < -0.39 is 34.0 Å². The first kappa shape index (κ1) is 12.8. The number of rotatable bonds is 1. The lowest BCUT2D eigenvalue weighted by Gasteiger charge is -2.11. The molecule has 0 bridgehead atoms. The number of nitrogens with zero attached hydrogens (tertiary/aromatic N) is 2. The molecule has 2 nitrogen and oxygen atoms in total. The fraction of sp³-hybridized carbons (Fsp3) is 0.250. The molecule has 1 heterocycles. The largest absolute Gasteiger partial charge is 0.420 e. The van der Waals surface area contributed by atoms with Crippen LogP contribution in [-0.2, 0) is 6.18 Å². The van der Waals surface area contributed by atoms with Crippen LogP contribution >= 0.6 is 15.9 Å². The van der Waals surface area contributed by atoms with E-state index in [0.29, 0.717) is 6.07 Å². The molecule has 0 unspecified atom stereocenters. The summed E-state index contributed by atoms with van der Waals surface area (Å²) in [7, 11) is 0. The van der Waals surface area contributed by atoms with Crippen molar-refractivity contribution in [2.75, 3.05) is 0 Å². The van der Waals surface area contributed by atoms with Gasteiger partial charge in [0.2, 0.25) is 0 Å². The Bertz CT molecular complexity index is 449. The van der Waals surface area contributed by atoms with Gasteiger partial charge in [-0.05, 0) is 6.07 Å². The summed E-state index contributed by atoms with van der Waals surface area (Å²) in [5, 5.41) is 8.43. The fourth-order valence-corrected chi connectivity index (χ4v) is 1.64. The highest BCUT2D eigenvalue weighted by Gasteiger charge is 2.37. The molecule has 0 saturated heterocycles. The average molecular weight is 301 g/mol. The minimum atomic E-state index is -4.82. The Kier molecular flexibility index (Phi) is 3.48. The van der Waals surface area contributed by atoms with Crippen molar-refractivity contribution in [3.05, 3.63) is 27.5 Å². The molecule has 0 radical (unpaired) electrons. The molecule has 0 saturated carbocycles. The van der Waals surface area contributed by atoms with Crippen LogP contribution < -0.4 is 0 Å². The van der Waals surface area contributed by atoms with Gasteiger partial charge in [0.05, 0.1) is 0 Å². The Balaban J connectivity index is 3.49. The molecule has 86 valence electrons. The van der Waals surface area contributed by atoms with Gasteiger partial charge in [-0.15, -0.1) is 0 Å². The second-order valence-corrected chi connectivity index (χ2v) is 3.52. The summed E-state index contributed by atoms with van der Waals surface area (Å²) in [5.41, 5.74) is -3.30. The van der Waals surface area contributed by atoms with E-state index in [2.05, 4.69) is 20.9 Å². The maximum Gasteiger partial charge on any atom is 0.420 e. The zero-order valence-electron chi connectivity index (χ0n) is 7.32. The van der Waals surface area contributed by atoms with Crippen molar-refractivity contribution in [1.82, 2.24) is 4.98 Å². The first-order valence-electron chi connectivity index (χ1n) is 3.73. The third-order valence-corrected chi connectivity index (χ3v) is 2.23. The van der Waals surface area contributed by atoms with Gasteiger partial charge < -0.3 is 0 Å². The molecule has 0 atom stereocenters. The molecule has 16 heavy (non-hydrogen) atoms. The summed E-state index contributed by atoms with van der Waals surface area (Å²) >= 11 is 2.50. The molecule has 1 aromatic heterocycles. The summed E-state index contributed by atoms with van der Waals surface area (Å²) in [5.74, 6) is 0. The maximum atomic E-state index is 12.4. The van der Waals surface area contributed by atoms with Crippen LogP contribution in [0.15, 0.2) is 10.5 Å². The molecule has 0 fully saturated rings. The first-order valence-corrected chi connectivity index (χ1v) is 4.52. The third kappa shape index (κ3) is 2.47. The van der Waals surface area contributed by atoms with Gasteiger partial charge in [0.1, 0.15) is 17.3 Å². The van der Waals surface area contributed by atoms with Crippen LogP contribution in [0.4, 0.5) is 22.0 Å². The van der Waals surface area contributed by atoms with Crippen LogP contribution in [0.5, 0.6) is 0 Å². The minimum Gasteiger partial charge on any atom is -0.235 e. The van der Waals surface area contributed by atoms with E-state index in [9.17, 15) is 22.0 Å². The normalized spacial score (nSPS) is 11.6. The number of halogens is 6. The molecule has 8 heteroatoms. The fourth-order valence-electron chi connectivity index (χ4n) is 0.995. The van der Waals surface area contributed by atoms with Crippen molar-refractivity contribution in [2.24, 2.45) is 0 Å². The molecule has 1 rings (SSSR count). The predicted octanol–water partition coefficient (Wildman–Crippen LogP) is 3.67. The van der Waals surface area contributed by atoms with Crippen molar-refractivity contribution in [2.45, 2.75) is 12.6 Å². The lowest BCUT2D eigenvalue weighted by Crippen LogP contribution is -2.12. The van der Waals surface area contributed by atoms with Crippen molar-refractivity contribution >= 4 is 15.9 Å². The van der Waals surface area contributed by atoms with Crippen LogP contribution in [0.25, 0.3) is 0 Å². The van der Waals surface area contributed by atoms with Crippen molar-refractivity contribution in [1.29, 1.82) is 5.26 Å². The molecule has 0 aliphatic heterocycles. The quantitative estimate of drug-likeness (QED) is 0.742. The van der Waals surface area contributed by atoms with E-state index in [1.807, 2.05) is 0 Å². The monoisotopic (exact) mass is 300 g/mol. The average Bonchev–Trinajstić information content (AvgIpc) is 2.14. The molecule has 0 aliphatic rings. The number of hydrogen-bond acceptors (Lipinski definition) is 2. The van der Waals surface area contributed by atoms with E-state index in [1.165, 1.54) is 0 Å². The van der Waals surface area contributed by atoms with Crippen molar-refractivity contribution in [3.8, 4) is 6.07 Å². The number of alkyl halides is 5. The van der Waals surface area contributed by atoms with Crippen molar-refractivity contribution in [3.63, 3.8) is 0 Å². The number of hydrogen-bond donors (Lipinski definition) is 0. The summed E-state index contributed by atoms with van der Waals surface area (Å²) < 4.78 is 61.1. The summed E-state index contributed by atoms with van der Waals surface area (Å²) in [6.45, 7) is 0. The van der Waals surface area contributed by atoms with Gasteiger partial charge >= 0.3 is 6.18 Å². The summed E-state index contributed by atoms with van der Waals surface area (Å²) in [4.78, 5) is 2.96. The SMILES string of the molecule is N#Cc1nc(C(F)F)cc(Br)c1C(F)(F)F. The van der Waals surface area contributed by atoms with Gasteiger partial charge in [0.15, 0.2) is 5.69 Å². The highest BCUT2D eigenvalue weighted by molar-refractivity contribution is 9.10. The topological polar surface area (TPSA) is 36.7 Å². The summed E-state index contributed by atoms with van der Waals surface area (Å²) in [6.07, 6.45) is -7.86. The molecular formula is C8H2BrF5N2. The highest BCUT2D eigenvalue weighted by atomic mass is 79.9. The number of pyridine rings is 1. The van der Waals surface area contributed by atoms with Crippen LogP contribution in [0.2, 0.25) is 0 Å². The second-order valence-electron chi connectivity index (χ2n) is 2.66. The zero-order valence-corrected chi connectivity index (χ0v) is 8.90. The van der Waals surface area contributed by atoms with Crippen molar-refractivity contribution < 1.29 is 22.0 Å². The Labute approximate surface area is 94.8 Å². The zero-order chi connectivity index (χ0) is 12.5. The Morgan fingerprint density at radius 1 is 1.38 bits per heavy atom. The predicted molar refractivity (Wildman–Crippen MR) is 46.6 cm³/mol. The van der Waals surface area contributed by atoms with Gasteiger partial charge in [-0.1, -0.05) is 15.9 Å². The van der Waals surface area contributed by atoms with Crippen LogP contribution in [0.1, 0.15) is 23.4 Å². The molecule has 0 amide bonds. The van der Waals surface area contributed by atoms with Gasteiger partial charge in [-0.25, -0.2) is 13.8 Å². The van der Waals surface area contributed by atoms with E-state index in [0.717, 1.165) is 6.07 Å². The van der Waals surface area contributed by atoms with Crippen LogP contribution in [-0.4, -0.2) is 4.98 Å². The van der Waals surface area contributed by atoms with Gasteiger partial charge in [-0.2, -0.15) is 18.4 Å². The Morgan fingerprint density at radius 2 is 1.94 bits per heavy atom. The van der Waals surface area contributed by atoms with Gasteiger partial charge in [0.25, 0.3) is 6.43 Å². The molecule has 0 aliphatic carbocycles. The minimum absolute atomic E-state index is 0.550. The standard InChI is InChI=1S/C8H2BrF5N2/c9-3-1-4(7(10)11)16-5(2-15)6(3)8(12,13)14/h1,7H. The van der Waals surface area contributed by atoms with E-state index in [4.69, 9.17) is 5.26 Å². The van der Waals surface area contributed by atoms with E-state index >= 15 is 0 Å². The Hall–Kier alpha value is -1.23. The third-order valence-electron chi connectivity index (χ3n) is 1.60. The first-order chi connectivity index (χ1) is 7.27. The summed E-state index contributed by atoms with van der Waals surface area (Å²) in [6, 6.07) is 1.69. The molecule has 0 spiro atoms. The lowest BCUT2D eigenvalue weighted by molar-refractivity contribution is -0.138. The maximum absolute atomic E-state index is 12.4. The molecule has 1 aromatic rings.